The molecule has 4 heteroatoms. The summed E-state index contributed by atoms with van der Waals surface area (Å²) in [5.74, 6) is -0.216. The Morgan fingerprint density at radius 3 is 1.69 bits per heavy atom. The van der Waals surface area contributed by atoms with Crippen LogP contribution in [0.1, 0.15) is 149 Å². The van der Waals surface area contributed by atoms with Gasteiger partial charge in [-0.05, 0) is 57.8 Å². The molecule has 0 aromatic carbocycles. The van der Waals surface area contributed by atoms with E-state index >= 15 is 0 Å². The second kappa shape index (κ2) is 30.1. The van der Waals surface area contributed by atoms with Crippen LogP contribution in [0.5, 0.6) is 0 Å². The van der Waals surface area contributed by atoms with Gasteiger partial charge in [0.25, 0.3) is 0 Å². The number of carbonyl (C=O) groups is 1. The van der Waals surface area contributed by atoms with Crippen LogP contribution >= 0.6 is 0 Å². The maximum atomic E-state index is 12.0. The van der Waals surface area contributed by atoms with Crippen molar-refractivity contribution in [2.45, 2.75) is 155 Å². The number of hydrogen-bond acceptors (Lipinski definition) is 4. The summed E-state index contributed by atoms with van der Waals surface area (Å²) in [6.45, 7) is 5.24. The first-order valence-electron chi connectivity index (χ1n) is 15.4. The summed E-state index contributed by atoms with van der Waals surface area (Å²) < 4.78 is 11.0. The molecular weight excluding hydrogens is 448 g/mol. The Morgan fingerprint density at radius 2 is 1.14 bits per heavy atom. The number of ether oxygens (including phenoxy) is 2. The summed E-state index contributed by atoms with van der Waals surface area (Å²) in [6, 6.07) is 0. The Bertz CT molecular complexity index is 500. The van der Waals surface area contributed by atoms with E-state index in [4.69, 9.17) is 9.47 Å². The predicted molar refractivity (Wildman–Crippen MR) is 154 cm³/mol. The maximum absolute atomic E-state index is 12.0. The van der Waals surface area contributed by atoms with Crippen LogP contribution in [0.15, 0.2) is 24.3 Å². The summed E-state index contributed by atoms with van der Waals surface area (Å²) in [5.41, 5.74) is 0. The summed E-state index contributed by atoms with van der Waals surface area (Å²) in [4.78, 5) is 12.0. The first-order valence-corrected chi connectivity index (χ1v) is 15.4. The van der Waals surface area contributed by atoms with Gasteiger partial charge in [0.2, 0.25) is 0 Å². The van der Waals surface area contributed by atoms with Crippen molar-refractivity contribution < 1.29 is 19.4 Å². The van der Waals surface area contributed by atoms with Crippen molar-refractivity contribution in [3.05, 3.63) is 24.3 Å². The molecule has 0 aliphatic carbocycles. The second-order valence-corrected chi connectivity index (χ2v) is 10.2. The number of allylic oxidation sites excluding steroid dienone is 4. The highest BCUT2D eigenvalue weighted by Crippen LogP contribution is 2.11. The third kappa shape index (κ3) is 27.5. The minimum Gasteiger partial charge on any atom is -0.457 e. The van der Waals surface area contributed by atoms with E-state index in [1.807, 2.05) is 0 Å². The first kappa shape index (κ1) is 34.9. The number of unbranched alkanes of at least 4 members (excludes halogenated alkanes) is 16. The van der Waals surface area contributed by atoms with Gasteiger partial charge in [0, 0.05) is 13.0 Å². The lowest BCUT2D eigenvalue weighted by molar-refractivity contribution is -0.154. The van der Waals surface area contributed by atoms with Crippen molar-refractivity contribution in [1.82, 2.24) is 0 Å². The molecule has 0 amide bonds. The Hall–Kier alpha value is -1.13. The minimum absolute atomic E-state index is 0.176. The number of aliphatic hydroxyl groups is 1. The van der Waals surface area contributed by atoms with E-state index in [0.29, 0.717) is 19.6 Å². The molecule has 1 N–H and O–H groups in total. The van der Waals surface area contributed by atoms with E-state index in [1.54, 1.807) is 0 Å². The molecule has 0 heterocycles. The lowest BCUT2D eigenvalue weighted by Crippen LogP contribution is -2.27. The zero-order chi connectivity index (χ0) is 26.4. The van der Waals surface area contributed by atoms with Crippen LogP contribution in [0.4, 0.5) is 0 Å². The largest absolute Gasteiger partial charge is 0.457 e. The Morgan fingerprint density at radius 1 is 0.639 bits per heavy atom. The monoisotopic (exact) mass is 508 g/mol. The lowest BCUT2D eigenvalue weighted by atomic mass is 10.1. The van der Waals surface area contributed by atoms with Crippen molar-refractivity contribution in [2.75, 3.05) is 19.8 Å². The summed E-state index contributed by atoms with van der Waals surface area (Å²) in [5, 5.41) is 9.48. The lowest BCUT2D eigenvalue weighted by Gasteiger charge is -2.15. The molecule has 0 bridgehead atoms. The highest BCUT2D eigenvalue weighted by molar-refractivity contribution is 5.69. The molecular formula is C32H60O4. The fraction of sp³-hybridized carbons (Fsp3) is 0.844. The molecule has 0 aromatic heterocycles. The Labute approximate surface area is 224 Å². The molecule has 4 nitrogen and oxygen atoms in total. The van der Waals surface area contributed by atoms with Crippen molar-refractivity contribution >= 4 is 5.97 Å². The minimum atomic E-state index is -0.535. The summed E-state index contributed by atoms with van der Waals surface area (Å²) in [7, 11) is 0. The molecule has 0 aliphatic heterocycles. The molecule has 212 valence electrons. The molecule has 0 rings (SSSR count). The van der Waals surface area contributed by atoms with Crippen LogP contribution in [0.3, 0.4) is 0 Å². The number of carbonyl (C=O) groups excluding carboxylic acids is 1. The van der Waals surface area contributed by atoms with E-state index in [1.165, 1.54) is 96.3 Å². The molecule has 0 fully saturated rings. The van der Waals surface area contributed by atoms with Crippen LogP contribution in [-0.2, 0) is 14.3 Å². The van der Waals surface area contributed by atoms with Crippen molar-refractivity contribution in [2.24, 2.45) is 0 Å². The van der Waals surface area contributed by atoms with Gasteiger partial charge in [-0.3, -0.25) is 4.79 Å². The normalized spacial score (nSPS) is 12.6. The van der Waals surface area contributed by atoms with Crippen molar-refractivity contribution in [3.8, 4) is 0 Å². The van der Waals surface area contributed by atoms with E-state index in [0.717, 1.165) is 32.1 Å². The van der Waals surface area contributed by atoms with E-state index in [9.17, 15) is 9.90 Å². The van der Waals surface area contributed by atoms with Crippen LogP contribution in [-0.4, -0.2) is 37.0 Å². The van der Waals surface area contributed by atoms with Gasteiger partial charge in [0.15, 0.2) is 0 Å². The van der Waals surface area contributed by atoms with Gasteiger partial charge in [-0.15, -0.1) is 0 Å². The van der Waals surface area contributed by atoms with Gasteiger partial charge in [-0.1, -0.05) is 109 Å². The van der Waals surface area contributed by atoms with Crippen LogP contribution in [0, 0.1) is 0 Å². The molecule has 1 atom stereocenters. The molecule has 36 heavy (non-hydrogen) atoms. The molecule has 0 spiro atoms. The Kier molecular flexibility index (Phi) is 29.2. The second-order valence-electron chi connectivity index (χ2n) is 10.2. The fourth-order valence-corrected chi connectivity index (χ4v) is 4.15. The van der Waals surface area contributed by atoms with Gasteiger partial charge >= 0.3 is 5.97 Å². The van der Waals surface area contributed by atoms with E-state index in [2.05, 4.69) is 38.2 Å². The number of hydrogen-bond donors (Lipinski definition) is 1. The van der Waals surface area contributed by atoms with Crippen molar-refractivity contribution in [1.29, 1.82) is 0 Å². The number of rotatable bonds is 28. The number of esters is 1. The topological polar surface area (TPSA) is 55.8 Å². The maximum Gasteiger partial charge on any atom is 0.306 e. The smallest absolute Gasteiger partial charge is 0.306 e. The van der Waals surface area contributed by atoms with Crippen LogP contribution < -0.4 is 0 Å². The molecule has 0 aliphatic rings. The zero-order valence-electron chi connectivity index (χ0n) is 24.0. The SMILES string of the molecule is CCC/C=C\CCCCCCCC(=O)OC(CO)COCCCCCCCC/C=C\CCCCCC. The Balaban J connectivity index is 3.47. The molecule has 0 saturated heterocycles. The highest BCUT2D eigenvalue weighted by Gasteiger charge is 2.13. The molecule has 1 unspecified atom stereocenters. The quantitative estimate of drug-likeness (QED) is 0.0650. The fourth-order valence-electron chi connectivity index (χ4n) is 4.15. The molecule has 0 saturated carbocycles. The summed E-state index contributed by atoms with van der Waals surface area (Å²) >= 11 is 0. The predicted octanol–water partition coefficient (Wildman–Crippen LogP) is 9.25. The third-order valence-corrected chi connectivity index (χ3v) is 6.48. The van der Waals surface area contributed by atoms with Gasteiger partial charge in [0.1, 0.15) is 6.10 Å². The first-order chi connectivity index (χ1) is 17.7. The third-order valence-electron chi connectivity index (χ3n) is 6.48. The zero-order valence-corrected chi connectivity index (χ0v) is 24.0. The van der Waals surface area contributed by atoms with Crippen LogP contribution in [0.2, 0.25) is 0 Å². The summed E-state index contributed by atoms with van der Waals surface area (Å²) in [6.07, 6.45) is 33.5. The van der Waals surface area contributed by atoms with Crippen molar-refractivity contribution in [3.63, 3.8) is 0 Å². The number of aliphatic hydroxyl groups excluding tert-OH is 1. The van der Waals surface area contributed by atoms with Gasteiger partial charge in [-0.25, -0.2) is 0 Å². The highest BCUT2D eigenvalue weighted by atomic mass is 16.6. The van der Waals surface area contributed by atoms with Gasteiger partial charge in [0.05, 0.1) is 13.2 Å². The average Bonchev–Trinajstić information content (AvgIpc) is 2.88. The van der Waals surface area contributed by atoms with E-state index in [-0.39, 0.29) is 12.6 Å². The van der Waals surface area contributed by atoms with Gasteiger partial charge in [-0.2, -0.15) is 0 Å². The molecule has 0 aromatic rings. The molecule has 0 radical (unpaired) electrons. The van der Waals surface area contributed by atoms with Gasteiger partial charge < -0.3 is 14.6 Å². The standard InChI is InChI=1S/C32H60O4/c1-3-5-7-9-11-13-15-16-17-18-20-22-24-26-28-35-30-31(29-33)36-32(34)27-25-23-21-19-14-12-10-8-6-4-2/h8,10,13,15,31,33H,3-7,9,11-12,14,16-30H2,1-2H3/b10-8-,15-13-. The van der Waals surface area contributed by atoms with Crippen LogP contribution in [0.25, 0.3) is 0 Å². The average molecular weight is 509 g/mol. The van der Waals surface area contributed by atoms with E-state index < -0.39 is 6.10 Å².